The fourth-order valence-electron chi connectivity index (χ4n) is 3.48. The van der Waals surface area contributed by atoms with E-state index in [2.05, 4.69) is 19.8 Å². The largest absolute Gasteiger partial charge is 0.435 e. The van der Waals surface area contributed by atoms with Gasteiger partial charge in [0, 0.05) is 25.9 Å². The number of ether oxygens (including phenoxy) is 2. The van der Waals surface area contributed by atoms with Gasteiger partial charge in [0.25, 0.3) is 0 Å². The van der Waals surface area contributed by atoms with Crippen molar-refractivity contribution in [1.82, 2.24) is 9.71 Å². The van der Waals surface area contributed by atoms with Crippen molar-refractivity contribution in [1.29, 1.82) is 0 Å². The summed E-state index contributed by atoms with van der Waals surface area (Å²) in [6.07, 6.45) is 2.93. The highest BCUT2D eigenvalue weighted by Gasteiger charge is 2.29. The number of benzene rings is 1. The van der Waals surface area contributed by atoms with Gasteiger partial charge >= 0.3 is 6.61 Å². The van der Waals surface area contributed by atoms with E-state index >= 15 is 0 Å². The smallest absolute Gasteiger partial charge is 0.387 e. The molecule has 0 atom stereocenters. The van der Waals surface area contributed by atoms with E-state index in [-0.39, 0.29) is 29.1 Å². The van der Waals surface area contributed by atoms with E-state index in [1.165, 1.54) is 18.2 Å². The van der Waals surface area contributed by atoms with E-state index < -0.39 is 16.6 Å². The second-order valence-corrected chi connectivity index (χ2v) is 9.30. The maximum atomic E-state index is 12.8. The van der Waals surface area contributed by atoms with Crippen LogP contribution in [0.2, 0.25) is 0 Å². The third kappa shape index (κ3) is 6.59. The number of sulfonamides is 1. The number of methoxy groups -OCH3 is 1. The summed E-state index contributed by atoms with van der Waals surface area (Å²) in [4.78, 5) is 4.36. The van der Waals surface area contributed by atoms with Crippen LogP contribution in [-0.2, 0) is 21.3 Å². The molecule has 0 saturated heterocycles. The molecular formula is C21H27F2N3O4S. The number of nitrogens with one attached hydrogen (secondary N) is 2. The Morgan fingerprint density at radius 2 is 2.00 bits per heavy atom. The van der Waals surface area contributed by atoms with Crippen molar-refractivity contribution in [3.05, 3.63) is 47.7 Å². The van der Waals surface area contributed by atoms with Crippen LogP contribution in [-0.4, -0.2) is 39.8 Å². The first-order valence-electron chi connectivity index (χ1n) is 10.0. The monoisotopic (exact) mass is 455 g/mol. The Morgan fingerprint density at radius 1 is 1.23 bits per heavy atom. The molecule has 31 heavy (non-hydrogen) atoms. The predicted octanol–water partition coefficient (Wildman–Crippen LogP) is 3.70. The van der Waals surface area contributed by atoms with Crippen LogP contribution in [0.1, 0.15) is 30.5 Å². The van der Waals surface area contributed by atoms with Gasteiger partial charge in [-0.1, -0.05) is 12.1 Å². The van der Waals surface area contributed by atoms with Crippen LogP contribution in [0.4, 0.5) is 14.6 Å². The lowest BCUT2D eigenvalue weighted by molar-refractivity contribution is -0.0498. The first-order valence-corrected chi connectivity index (χ1v) is 11.5. The van der Waals surface area contributed by atoms with Gasteiger partial charge in [0.2, 0.25) is 10.0 Å². The normalized spacial score (nSPS) is 18.6. The van der Waals surface area contributed by atoms with Crippen molar-refractivity contribution in [2.45, 2.75) is 50.3 Å². The predicted molar refractivity (Wildman–Crippen MR) is 113 cm³/mol. The van der Waals surface area contributed by atoms with Gasteiger partial charge in [-0.05, 0) is 61.9 Å². The molecule has 1 aromatic carbocycles. The highest BCUT2D eigenvalue weighted by Crippen LogP contribution is 2.32. The maximum Gasteiger partial charge on any atom is 0.387 e. The Hall–Kier alpha value is -2.30. The Labute approximate surface area is 181 Å². The highest BCUT2D eigenvalue weighted by atomic mass is 32.2. The second kappa shape index (κ2) is 10.3. The summed E-state index contributed by atoms with van der Waals surface area (Å²) in [6.45, 7) is -0.622. The average Bonchev–Trinajstić information content (AvgIpc) is 2.67. The number of halogens is 2. The third-order valence-corrected chi connectivity index (χ3v) is 6.73. The zero-order valence-corrected chi connectivity index (χ0v) is 18.3. The molecule has 1 aliphatic rings. The summed E-state index contributed by atoms with van der Waals surface area (Å²) in [5.74, 6) is 0.701. The number of aromatic nitrogens is 1. The Bertz CT molecular complexity index is 982. The highest BCUT2D eigenvalue weighted by molar-refractivity contribution is 7.89. The standard InChI is InChI=1S/C21H27F2N3O4S/c1-14-6-7-19(31(27,28)25-9-8-15-10-18(11-15)29-2)20(26-14)24-13-16-4-3-5-17(12-16)30-21(22)23/h3-7,12,15,18,21,25H,8-11,13H2,1-2H3,(H,24,26). The summed E-state index contributed by atoms with van der Waals surface area (Å²) in [6, 6.07) is 9.34. The van der Waals surface area contributed by atoms with Crippen LogP contribution < -0.4 is 14.8 Å². The van der Waals surface area contributed by atoms with Crippen LogP contribution in [0.3, 0.4) is 0 Å². The van der Waals surface area contributed by atoms with Gasteiger partial charge in [0.1, 0.15) is 16.5 Å². The number of aryl methyl sites for hydroxylation is 1. The number of hydrogen-bond acceptors (Lipinski definition) is 6. The molecular weight excluding hydrogens is 428 g/mol. The van der Waals surface area contributed by atoms with Crippen molar-refractivity contribution in [3.63, 3.8) is 0 Å². The van der Waals surface area contributed by atoms with Crippen LogP contribution in [0.25, 0.3) is 0 Å². The van der Waals surface area contributed by atoms with E-state index in [9.17, 15) is 17.2 Å². The van der Waals surface area contributed by atoms with Gasteiger partial charge in [0.05, 0.1) is 6.10 Å². The van der Waals surface area contributed by atoms with Crippen molar-refractivity contribution in [2.75, 3.05) is 19.0 Å². The van der Waals surface area contributed by atoms with Crippen LogP contribution in [0.15, 0.2) is 41.3 Å². The third-order valence-electron chi connectivity index (χ3n) is 5.24. The lowest BCUT2D eigenvalue weighted by Gasteiger charge is -2.34. The molecule has 3 rings (SSSR count). The van der Waals surface area contributed by atoms with Crippen LogP contribution in [0, 0.1) is 12.8 Å². The fourth-order valence-corrected chi connectivity index (χ4v) is 4.64. The molecule has 1 aromatic heterocycles. The van der Waals surface area contributed by atoms with Gasteiger partial charge in [0.15, 0.2) is 0 Å². The van der Waals surface area contributed by atoms with E-state index in [1.54, 1.807) is 32.2 Å². The van der Waals surface area contributed by atoms with E-state index in [1.807, 2.05) is 0 Å². The van der Waals surface area contributed by atoms with E-state index in [0.717, 1.165) is 19.3 Å². The summed E-state index contributed by atoms with van der Waals surface area (Å²) in [7, 11) is -2.08. The summed E-state index contributed by atoms with van der Waals surface area (Å²) in [5.41, 5.74) is 1.30. The van der Waals surface area contributed by atoms with E-state index in [0.29, 0.717) is 23.7 Å². The summed E-state index contributed by atoms with van der Waals surface area (Å²) < 4.78 is 62.8. The molecule has 1 aliphatic carbocycles. The zero-order chi connectivity index (χ0) is 22.4. The number of nitrogens with zero attached hydrogens (tertiary/aromatic N) is 1. The Kier molecular flexibility index (Phi) is 7.79. The molecule has 0 aliphatic heterocycles. The number of hydrogen-bond donors (Lipinski definition) is 2. The SMILES string of the molecule is COC1CC(CCNS(=O)(=O)c2ccc(C)nc2NCc2cccc(OC(F)F)c2)C1. The van der Waals surface area contributed by atoms with Crippen molar-refractivity contribution in [3.8, 4) is 5.75 Å². The van der Waals surface area contributed by atoms with Crippen LogP contribution >= 0.6 is 0 Å². The maximum absolute atomic E-state index is 12.8. The quantitative estimate of drug-likeness (QED) is 0.537. The minimum Gasteiger partial charge on any atom is -0.435 e. The topological polar surface area (TPSA) is 89.5 Å². The molecule has 10 heteroatoms. The molecule has 0 amide bonds. The van der Waals surface area contributed by atoms with Crippen molar-refractivity contribution in [2.24, 2.45) is 5.92 Å². The van der Waals surface area contributed by atoms with Crippen molar-refractivity contribution >= 4 is 15.8 Å². The minimum atomic E-state index is -3.77. The molecule has 0 bridgehead atoms. The molecule has 1 heterocycles. The van der Waals surface area contributed by atoms with Gasteiger partial charge in [-0.15, -0.1) is 0 Å². The fraction of sp³-hybridized carbons (Fsp3) is 0.476. The molecule has 1 saturated carbocycles. The zero-order valence-electron chi connectivity index (χ0n) is 17.5. The number of pyridine rings is 1. The molecule has 0 unspecified atom stereocenters. The molecule has 0 radical (unpaired) electrons. The molecule has 0 spiro atoms. The number of rotatable bonds is 11. The summed E-state index contributed by atoms with van der Waals surface area (Å²) >= 11 is 0. The molecule has 2 N–H and O–H groups in total. The second-order valence-electron chi connectivity index (χ2n) is 7.56. The minimum absolute atomic E-state index is 0.0349. The van der Waals surface area contributed by atoms with Gasteiger partial charge in [-0.25, -0.2) is 18.1 Å². The lowest BCUT2D eigenvalue weighted by Crippen LogP contribution is -2.34. The van der Waals surface area contributed by atoms with Gasteiger partial charge < -0.3 is 14.8 Å². The Morgan fingerprint density at radius 3 is 2.71 bits per heavy atom. The average molecular weight is 456 g/mol. The van der Waals surface area contributed by atoms with Crippen molar-refractivity contribution < 1.29 is 26.7 Å². The first-order chi connectivity index (χ1) is 14.8. The van der Waals surface area contributed by atoms with Crippen LogP contribution in [0.5, 0.6) is 5.75 Å². The lowest BCUT2D eigenvalue weighted by atomic mass is 9.80. The number of anilines is 1. The molecule has 2 aromatic rings. The molecule has 1 fully saturated rings. The first kappa shape index (κ1) is 23.4. The number of alkyl halides is 2. The molecule has 7 nitrogen and oxygen atoms in total. The summed E-state index contributed by atoms with van der Waals surface area (Å²) in [5, 5.41) is 3.00. The van der Waals surface area contributed by atoms with Gasteiger partial charge in [-0.3, -0.25) is 0 Å². The van der Waals surface area contributed by atoms with E-state index in [4.69, 9.17) is 4.74 Å². The Balaban J connectivity index is 1.64. The molecule has 170 valence electrons. The van der Waals surface area contributed by atoms with Gasteiger partial charge in [-0.2, -0.15) is 8.78 Å².